The van der Waals surface area contributed by atoms with Crippen LogP contribution in [0.5, 0.6) is 0 Å². The van der Waals surface area contributed by atoms with Crippen LogP contribution in [-0.2, 0) is 9.09 Å². The van der Waals surface area contributed by atoms with Crippen LogP contribution in [0.4, 0.5) is 0 Å². The maximum atomic E-state index is 12.3. The van der Waals surface area contributed by atoms with Gasteiger partial charge in [0, 0.05) is 18.5 Å². The fourth-order valence-corrected chi connectivity index (χ4v) is 5.93. The Morgan fingerprint density at radius 1 is 1.19 bits per heavy atom. The second kappa shape index (κ2) is 9.52. The second-order valence-corrected chi connectivity index (χ2v) is 8.65. The summed E-state index contributed by atoms with van der Waals surface area (Å²) >= 11 is 1.52. The van der Waals surface area contributed by atoms with Gasteiger partial charge in [-0.05, 0) is 26.4 Å². The Bertz CT molecular complexity index is 200. The van der Waals surface area contributed by atoms with Crippen molar-refractivity contribution in [3.05, 3.63) is 0 Å². The highest BCUT2D eigenvalue weighted by Gasteiger charge is 2.21. The smallest absolute Gasteiger partial charge is 0.257 e. The molecule has 16 heavy (non-hydrogen) atoms. The molecule has 98 valence electrons. The Morgan fingerprint density at radius 2 is 1.81 bits per heavy atom. The van der Waals surface area contributed by atoms with Gasteiger partial charge in [0.25, 0.3) is 6.57 Å². The van der Waals surface area contributed by atoms with E-state index in [0.29, 0.717) is 12.8 Å². The van der Waals surface area contributed by atoms with Gasteiger partial charge in [-0.1, -0.05) is 32.2 Å². The fourth-order valence-electron chi connectivity index (χ4n) is 1.49. The predicted octanol–water partition coefficient (Wildman–Crippen LogP) is 3.70. The maximum absolute atomic E-state index is 12.3. The molecule has 0 saturated heterocycles. The summed E-state index contributed by atoms with van der Waals surface area (Å²) in [4.78, 5) is 2.34. The Morgan fingerprint density at radius 3 is 2.25 bits per heavy atom. The van der Waals surface area contributed by atoms with Crippen molar-refractivity contribution in [3.63, 3.8) is 0 Å². The van der Waals surface area contributed by atoms with Crippen molar-refractivity contribution in [3.8, 4) is 0 Å². The molecule has 0 aliphatic carbocycles. The van der Waals surface area contributed by atoms with Crippen LogP contribution in [-0.4, -0.2) is 43.1 Å². The third-order valence-electron chi connectivity index (χ3n) is 2.41. The molecule has 5 heteroatoms. The third-order valence-corrected chi connectivity index (χ3v) is 7.41. The van der Waals surface area contributed by atoms with E-state index >= 15 is 0 Å². The highest BCUT2D eigenvalue weighted by molar-refractivity contribution is 8.56. The average Bonchev–Trinajstić information content (AvgIpc) is 2.25. The monoisotopic (exact) mass is 267 g/mol. The average molecular weight is 267 g/mol. The van der Waals surface area contributed by atoms with Gasteiger partial charge in [0.1, 0.15) is 0 Å². The molecule has 0 bridgehead atoms. The van der Waals surface area contributed by atoms with E-state index < -0.39 is 6.57 Å². The van der Waals surface area contributed by atoms with Crippen molar-refractivity contribution in [2.45, 2.75) is 34.1 Å². The number of rotatable bonds is 10. The molecule has 0 fully saturated rings. The molecule has 0 aliphatic heterocycles. The normalized spacial score (nSPS) is 15.3. The molecule has 0 spiro atoms. The van der Waals surface area contributed by atoms with Crippen LogP contribution in [0.25, 0.3) is 0 Å². The van der Waals surface area contributed by atoms with E-state index in [1.54, 1.807) is 0 Å². The van der Waals surface area contributed by atoms with Crippen molar-refractivity contribution in [2.24, 2.45) is 0 Å². The molecule has 0 aliphatic rings. The summed E-state index contributed by atoms with van der Waals surface area (Å²) in [5.74, 6) is 0.902. The molecule has 0 amide bonds. The summed E-state index contributed by atoms with van der Waals surface area (Å²) < 4.78 is 17.7. The summed E-state index contributed by atoms with van der Waals surface area (Å²) in [5, 5.41) is 0. The molecule has 0 aromatic carbocycles. The van der Waals surface area contributed by atoms with Crippen LogP contribution in [0.1, 0.15) is 34.1 Å². The first-order valence-electron chi connectivity index (χ1n) is 6.22. The van der Waals surface area contributed by atoms with E-state index in [4.69, 9.17) is 4.52 Å². The Labute approximate surface area is 105 Å². The topological polar surface area (TPSA) is 29.5 Å². The van der Waals surface area contributed by atoms with Crippen molar-refractivity contribution < 1.29 is 9.09 Å². The SMILES string of the molecule is CCCP(=O)(OCC)SCCN(CC)CC. The van der Waals surface area contributed by atoms with Crippen molar-refractivity contribution in [2.75, 3.05) is 38.2 Å². The number of hydrogen-bond donors (Lipinski definition) is 0. The van der Waals surface area contributed by atoms with Gasteiger partial charge in [0.2, 0.25) is 0 Å². The van der Waals surface area contributed by atoms with E-state index in [0.717, 1.165) is 31.8 Å². The molecular formula is C11H26NO2PS. The molecule has 3 nitrogen and oxygen atoms in total. The first-order valence-corrected chi connectivity index (χ1v) is 9.62. The van der Waals surface area contributed by atoms with Crippen LogP contribution in [0.15, 0.2) is 0 Å². The van der Waals surface area contributed by atoms with Gasteiger partial charge in [-0.15, -0.1) is 0 Å². The van der Waals surface area contributed by atoms with E-state index in [1.807, 2.05) is 6.92 Å². The van der Waals surface area contributed by atoms with E-state index in [2.05, 4.69) is 25.7 Å². The van der Waals surface area contributed by atoms with Crippen molar-refractivity contribution in [1.82, 2.24) is 4.90 Å². The lowest BCUT2D eigenvalue weighted by atomic mass is 10.5. The minimum absolute atomic E-state index is 0.551. The molecule has 0 aromatic rings. The van der Waals surface area contributed by atoms with Crippen LogP contribution >= 0.6 is 18.0 Å². The zero-order chi connectivity index (χ0) is 12.4. The molecular weight excluding hydrogens is 241 g/mol. The summed E-state index contributed by atoms with van der Waals surface area (Å²) in [6.07, 6.45) is 1.62. The summed E-state index contributed by atoms with van der Waals surface area (Å²) in [6.45, 7) is 9.53. The molecule has 0 aromatic heterocycles. The Balaban J connectivity index is 3.97. The zero-order valence-corrected chi connectivity index (χ0v) is 12.8. The van der Waals surface area contributed by atoms with Gasteiger partial charge in [0.05, 0.1) is 6.61 Å². The summed E-state index contributed by atoms with van der Waals surface area (Å²) in [5.41, 5.74) is 0. The van der Waals surface area contributed by atoms with E-state index in [9.17, 15) is 4.57 Å². The van der Waals surface area contributed by atoms with Crippen molar-refractivity contribution in [1.29, 1.82) is 0 Å². The molecule has 0 radical (unpaired) electrons. The highest BCUT2D eigenvalue weighted by atomic mass is 32.7. The third kappa shape index (κ3) is 6.95. The van der Waals surface area contributed by atoms with Crippen LogP contribution in [0.2, 0.25) is 0 Å². The quantitative estimate of drug-likeness (QED) is 0.564. The molecule has 1 atom stereocenters. The van der Waals surface area contributed by atoms with Gasteiger partial charge in [-0.2, -0.15) is 0 Å². The molecule has 0 N–H and O–H groups in total. The van der Waals surface area contributed by atoms with Crippen molar-refractivity contribution >= 4 is 18.0 Å². The van der Waals surface area contributed by atoms with Gasteiger partial charge in [-0.3, -0.25) is 4.57 Å². The van der Waals surface area contributed by atoms with E-state index in [1.165, 1.54) is 11.4 Å². The maximum Gasteiger partial charge on any atom is 0.257 e. The molecule has 0 heterocycles. The Kier molecular flexibility index (Phi) is 9.82. The standard InChI is InChI=1S/C11H26NO2PS/c1-5-10-15(13,14-8-4)16-11-9-12(6-2)7-3/h5-11H2,1-4H3. The summed E-state index contributed by atoms with van der Waals surface area (Å²) in [6, 6.07) is 0. The van der Waals surface area contributed by atoms with Gasteiger partial charge in [0.15, 0.2) is 0 Å². The first-order chi connectivity index (χ1) is 7.61. The van der Waals surface area contributed by atoms with Crippen LogP contribution in [0, 0.1) is 0 Å². The van der Waals surface area contributed by atoms with Crippen LogP contribution < -0.4 is 0 Å². The minimum Gasteiger partial charge on any atom is -0.321 e. The van der Waals surface area contributed by atoms with Gasteiger partial charge in [-0.25, -0.2) is 0 Å². The lowest BCUT2D eigenvalue weighted by Gasteiger charge is -2.20. The zero-order valence-electron chi connectivity index (χ0n) is 11.1. The van der Waals surface area contributed by atoms with Gasteiger partial charge < -0.3 is 9.42 Å². The number of nitrogens with zero attached hydrogens (tertiary/aromatic N) is 1. The predicted molar refractivity (Wildman–Crippen MR) is 74.6 cm³/mol. The molecule has 0 saturated carbocycles. The minimum atomic E-state index is -2.41. The lowest BCUT2D eigenvalue weighted by Crippen LogP contribution is -2.25. The molecule has 1 unspecified atom stereocenters. The van der Waals surface area contributed by atoms with E-state index in [-0.39, 0.29) is 0 Å². The lowest BCUT2D eigenvalue weighted by molar-refractivity contribution is 0.323. The second-order valence-electron chi connectivity index (χ2n) is 3.61. The Hall–Kier alpha value is 0.500. The van der Waals surface area contributed by atoms with Gasteiger partial charge >= 0.3 is 0 Å². The fraction of sp³-hybridized carbons (Fsp3) is 1.00. The molecule has 0 rings (SSSR count). The highest BCUT2D eigenvalue weighted by Crippen LogP contribution is 2.59. The number of hydrogen-bond acceptors (Lipinski definition) is 4. The first kappa shape index (κ1) is 16.5. The summed E-state index contributed by atoms with van der Waals surface area (Å²) in [7, 11) is 0. The largest absolute Gasteiger partial charge is 0.321 e. The van der Waals surface area contributed by atoms with Crippen LogP contribution in [0.3, 0.4) is 0 Å².